The number of hydrogen-bond acceptors (Lipinski definition) is 5. The highest BCUT2D eigenvalue weighted by molar-refractivity contribution is 7.86. The lowest BCUT2D eigenvalue weighted by molar-refractivity contribution is -0.274. The van der Waals surface area contributed by atoms with Gasteiger partial charge in [0.1, 0.15) is 5.75 Å². The van der Waals surface area contributed by atoms with E-state index in [4.69, 9.17) is 0 Å². The van der Waals surface area contributed by atoms with Crippen molar-refractivity contribution in [3.63, 3.8) is 0 Å². The van der Waals surface area contributed by atoms with Crippen LogP contribution in [-0.2, 0) is 15.0 Å². The van der Waals surface area contributed by atoms with E-state index in [1.54, 1.807) is 4.31 Å². The Bertz CT molecular complexity index is 856. The lowest BCUT2D eigenvalue weighted by Gasteiger charge is -2.38. The summed E-state index contributed by atoms with van der Waals surface area (Å²) in [6, 6.07) is 4.88. The topological polar surface area (TPSA) is 82.2 Å². The fraction of sp³-hybridized carbons (Fsp3) is 0.632. The van der Waals surface area contributed by atoms with E-state index in [0.29, 0.717) is 50.9 Å². The second kappa shape index (κ2) is 9.72. The monoisotopic (exact) mass is 464 g/mol. The molecule has 1 unspecified atom stereocenters. The molecule has 8 nitrogen and oxygen atoms in total. The number of anilines is 1. The smallest absolute Gasteiger partial charge is 0.406 e. The number of rotatable bonds is 6. The average Bonchev–Trinajstić information content (AvgIpc) is 2.69. The Morgan fingerprint density at radius 3 is 2.32 bits per heavy atom. The summed E-state index contributed by atoms with van der Waals surface area (Å²) in [4.78, 5) is 14.1. The Labute approximate surface area is 180 Å². The highest BCUT2D eigenvalue weighted by Gasteiger charge is 2.34. The average molecular weight is 465 g/mol. The molecule has 12 heteroatoms. The van der Waals surface area contributed by atoms with E-state index in [2.05, 4.69) is 17.0 Å². The molecule has 0 spiro atoms. The molecule has 1 atom stereocenters. The number of benzene rings is 1. The van der Waals surface area contributed by atoms with Crippen LogP contribution >= 0.6 is 0 Å². The first-order valence-electron chi connectivity index (χ1n) is 10.2. The van der Waals surface area contributed by atoms with E-state index in [-0.39, 0.29) is 18.2 Å². The van der Waals surface area contributed by atoms with Crippen LogP contribution in [0.2, 0.25) is 0 Å². The summed E-state index contributed by atoms with van der Waals surface area (Å²) in [5.74, 6) is -0.348. The van der Waals surface area contributed by atoms with Crippen LogP contribution < -0.4 is 10.1 Å². The number of carbonyl (C=O) groups is 1. The molecule has 2 fully saturated rings. The number of hydrogen-bond donors (Lipinski definition) is 1. The Morgan fingerprint density at radius 1 is 1.10 bits per heavy atom. The minimum Gasteiger partial charge on any atom is -0.406 e. The molecule has 1 aromatic carbocycles. The number of halogens is 3. The number of carbonyl (C=O) groups excluding carboxylic acids is 1. The maximum atomic E-state index is 12.8. The minimum absolute atomic E-state index is 0.0649. The van der Waals surface area contributed by atoms with E-state index in [1.807, 2.05) is 4.90 Å². The van der Waals surface area contributed by atoms with Crippen molar-refractivity contribution in [2.75, 3.05) is 51.1 Å². The summed E-state index contributed by atoms with van der Waals surface area (Å²) in [7, 11) is -3.49. The summed E-state index contributed by atoms with van der Waals surface area (Å²) >= 11 is 0. The van der Waals surface area contributed by atoms with Gasteiger partial charge in [0.2, 0.25) is 5.91 Å². The quantitative estimate of drug-likeness (QED) is 0.698. The second-order valence-corrected chi connectivity index (χ2v) is 9.84. The van der Waals surface area contributed by atoms with Crippen LogP contribution in [0.15, 0.2) is 24.3 Å². The van der Waals surface area contributed by atoms with E-state index in [9.17, 15) is 26.4 Å². The van der Waals surface area contributed by atoms with Gasteiger partial charge in [-0.1, -0.05) is 6.92 Å². The van der Waals surface area contributed by atoms with Crippen LogP contribution in [0.5, 0.6) is 5.75 Å². The lowest BCUT2D eigenvalue weighted by atomic mass is 10.0. The summed E-state index contributed by atoms with van der Waals surface area (Å²) < 4.78 is 69.1. The van der Waals surface area contributed by atoms with Crippen LogP contribution in [0.4, 0.5) is 18.9 Å². The van der Waals surface area contributed by atoms with Crippen LogP contribution in [0.1, 0.15) is 19.8 Å². The van der Waals surface area contributed by atoms with Gasteiger partial charge in [0.05, 0.1) is 6.54 Å². The van der Waals surface area contributed by atoms with Crippen LogP contribution in [-0.4, -0.2) is 80.0 Å². The fourth-order valence-electron chi connectivity index (χ4n) is 3.78. The Balaban J connectivity index is 1.45. The Morgan fingerprint density at radius 2 is 1.74 bits per heavy atom. The van der Waals surface area contributed by atoms with Crippen LogP contribution in [0.25, 0.3) is 0 Å². The lowest BCUT2D eigenvalue weighted by Crippen LogP contribution is -2.55. The second-order valence-electron chi connectivity index (χ2n) is 7.91. The van der Waals surface area contributed by atoms with Gasteiger partial charge >= 0.3 is 6.36 Å². The first kappa shape index (κ1) is 23.8. The molecule has 2 aliphatic heterocycles. The van der Waals surface area contributed by atoms with Gasteiger partial charge in [0, 0.05) is 45.0 Å². The molecule has 0 radical (unpaired) electrons. The third-order valence-corrected chi connectivity index (χ3v) is 7.34. The Hall–Kier alpha value is -1.89. The zero-order valence-electron chi connectivity index (χ0n) is 17.3. The molecular formula is C19H27F3N4O4S. The van der Waals surface area contributed by atoms with Crippen molar-refractivity contribution in [3.8, 4) is 5.75 Å². The number of piperidine rings is 1. The zero-order chi connectivity index (χ0) is 22.6. The fourth-order valence-corrected chi connectivity index (χ4v) is 5.54. The van der Waals surface area contributed by atoms with Gasteiger partial charge in [-0.15, -0.1) is 13.2 Å². The summed E-state index contributed by atoms with van der Waals surface area (Å²) in [5, 5.41) is 2.62. The maximum absolute atomic E-state index is 12.8. The minimum atomic E-state index is -4.77. The number of alkyl halides is 3. The number of nitrogens with one attached hydrogen (secondary N) is 1. The van der Waals surface area contributed by atoms with Crippen molar-refractivity contribution in [3.05, 3.63) is 24.3 Å². The largest absolute Gasteiger partial charge is 0.573 e. The molecule has 2 aliphatic rings. The van der Waals surface area contributed by atoms with E-state index in [0.717, 1.165) is 25.0 Å². The van der Waals surface area contributed by atoms with Gasteiger partial charge in [-0.05, 0) is 43.0 Å². The molecular weight excluding hydrogens is 437 g/mol. The molecule has 0 saturated carbocycles. The third kappa shape index (κ3) is 6.79. The molecule has 0 aromatic heterocycles. The number of amides is 1. The summed E-state index contributed by atoms with van der Waals surface area (Å²) in [6.07, 6.45) is -2.87. The van der Waals surface area contributed by atoms with Crippen LogP contribution in [0, 0.1) is 5.92 Å². The predicted molar refractivity (Wildman–Crippen MR) is 109 cm³/mol. The van der Waals surface area contributed by atoms with E-state index in [1.165, 1.54) is 16.4 Å². The van der Waals surface area contributed by atoms with Crippen molar-refractivity contribution in [1.29, 1.82) is 0 Å². The summed E-state index contributed by atoms with van der Waals surface area (Å²) in [5.41, 5.74) is 0.347. The molecule has 0 aliphatic carbocycles. The number of ether oxygens (including phenoxy) is 1. The number of nitrogens with zero attached hydrogens (tertiary/aromatic N) is 3. The maximum Gasteiger partial charge on any atom is 0.573 e. The molecule has 2 heterocycles. The predicted octanol–water partition coefficient (Wildman–Crippen LogP) is 2.12. The summed E-state index contributed by atoms with van der Waals surface area (Å²) in [6.45, 7) is 4.67. The zero-order valence-corrected chi connectivity index (χ0v) is 18.1. The molecule has 1 N–H and O–H groups in total. The third-order valence-electron chi connectivity index (χ3n) is 5.34. The molecule has 174 valence electrons. The first-order chi connectivity index (χ1) is 14.5. The highest BCUT2D eigenvalue weighted by Crippen LogP contribution is 2.24. The molecule has 3 rings (SSSR count). The van der Waals surface area contributed by atoms with Crippen molar-refractivity contribution in [2.24, 2.45) is 5.92 Å². The van der Waals surface area contributed by atoms with Crippen molar-refractivity contribution in [2.45, 2.75) is 26.1 Å². The van der Waals surface area contributed by atoms with Gasteiger partial charge in [-0.25, -0.2) is 0 Å². The molecule has 2 saturated heterocycles. The van der Waals surface area contributed by atoms with Crippen molar-refractivity contribution >= 4 is 21.8 Å². The van der Waals surface area contributed by atoms with Crippen LogP contribution in [0.3, 0.4) is 0 Å². The van der Waals surface area contributed by atoms with E-state index < -0.39 is 16.6 Å². The molecule has 1 amide bonds. The van der Waals surface area contributed by atoms with Crippen molar-refractivity contribution in [1.82, 2.24) is 13.5 Å². The first-order valence-corrected chi connectivity index (χ1v) is 11.6. The van der Waals surface area contributed by atoms with Gasteiger partial charge < -0.3 is 10.1 Å². The Kier molecular flexibility index (Phi) is 7.45. The molecule has 1 aromatic rings. The van der Waals surface area contributed by atoms with E-state index >= 15 is 0 Å². The van der Waals surface area contributed by atoms with Gasteiger partial charge in [-0.2, -0.15) is 17.0 Å². The molecule has 0 bridgehead atoms. The van der Waals surface area contributed by atoms with Gasteiger partial charge in [0.25, 0.3) is 10.2 Å². The molecule has 31 heavy (non-hydrogen) atoms. The SMILES string of the molecule is CC1CCCN(S(=O)(=O)N2CCN(CC(=O)Nc3ccc(OC(F)(F)F)cc3)CC2)C1. The highest BCUT2D eigenvalue weighted by atomic mass is 32.2. The van der Waals surface area contributed by atoms with Gasteiger partial charge in [0.15, 0.2) is 0 Å². The van der Waals surface area contributed by atoms with Crippen molar-refractivity contribution < 1.29 is 31.1 Å². The standard InChI is InChI=1S/C19H27F3N4O4S/c1-15-3-2-8-26(13-15)31(28,29)25-11-9-24(10-12-25)14-18(27)23-16-4-6-17(7-5-16)30-19(20,21)22/h4-7,15H,2-3,8-14H2,1H3,(H,23,27). The normalized spacial score (nSPS) is 22.3. The van der Waals surface area contributed by atoms with Gasteiger partial charge in [-0.3, -0.25) is 9.69 Å². The number of piperazine rings is 1.